The van der Waals surface area contributed by atoms with Gasteiger partial charge in [-0.2, -0.15) is 0 Å². The molecule has 0 aromatic heterocycles. The summed E-state index contributed by atoms with van der Waals surface area (Å²) in [5.74, 6) is 0. The molecule has 0 saturated carbocycles. The minimum Gasteiger partial charge on any atom is -0.103 e. The van der Waals surface area contributed by atoms with E-state index in [1.807, 2.05) is 6.08 Å². The molecule has 0 nitrogen and oxygen atoms in total. The molecular weight excluding hydrogens is 244 g/mol. The van der Waals surface area contributed by atoms with Gasteiger partial charge < -0.3 is 0 Å². The highest BCUT2D eigenvalue weighted by atomic mass is 79.9. The Morgan fingerprint density at radius 3 is 2.56 bits per heavy atom. The molecule has 0 amide bonds. The monoisotopic (exact) mass is 254 g/mol. The molecule has 2 heteroatoms. The summed E-state index contributed by atoms with van der Waals surface area (Å²) < 4.78 is 0.251. The van der Waals surface area contributed by atoms with Gasteiger partial charge in [0.15, 0.2) is 0 Å². The predicted molar refractivity (Wildman–Crippen MR) is 50.6 cm³/mol. The summed E-state index contributed by atoms with van der Waals surface area (Å²) in [5, 5.41) is 0.994. The maximum absolute atomic E-state index is 3.66. The van der Waals surface area contributed by atoms with Crippen LogP contribution in [0.4, 0.5) is 0 Å². The van der Waals surface area contributed by atoms with Gasteiger partial charge in [0.2, 0.25) is 0 Å². The fourth-order valence-electron chi connectivity index (χ4n) is 0.470. The molecule has 0 N–H and O–H groups in total. The molecule has 0 aliphatic carbocycles. The van der Waals surface area contributed by atoms with Crippen LogP contribution in [0.5, 0.6) is 0 Å². The van der Waals surface area contributed by atoms with Gasteiger partial charge in [0.05, 0.1) is 0 Å². The molecule has 1 unspecified atom stereocenters. The van der Waals surface area contributed by atoms with Crippen LogP contribution in [0.2, 0.25) is 0 Å². The Balaban J connectivity index is 3.44. The van der Waals surface area contributed by atoms with Crippen molar-refractivity contribution in [1.82, 2.24) is 0 Å². The van der Waals surface area contributed by atoms with Gasteiger partial charge in [-0.05, 0) is 19.8 Å². The Morgan fingerprint density at radius 2 is 2.22 bits per heavy atom. The molecular formula is C7H12Br2. The Labute approximate surface area is 74.0 Å². The Bertz CT molecular complexity index is 86.9. The number of alkyl halides is 2. The van der Waals surface area contributed by atoms with Crippen LogP contribution < -0.4 is 0 Å². The lowest BCUT2D eigenvalue weighted by Crippen LogP contribution is -2.16. The van der Waals surface area contributed by atoms with Crippen molar-refractivity contribution in [3.8, 4) is 0 Å². The standard InChI is InChI=1S/C7H12Br2/c1-3-4-5-7(2,9)6-8/h3H,1,4-6H2,2H3. The van der Waals surface area contributed by atoms with Crippen molar-refractivity contribution in [3.63, 3.8) is 0 Å². The molecule has 0 aliphatic heterocycles. The summed E-state index contributed by atoms with van der Waals surface area (Å²) in [6.07, 6.45) is 4.16. The van der Waals surface area contributed by atoms with Crippen molar-refractivity contribution in [1.29, 1.82) is 0 Å². The smallest absolute Gasteiger partial charge is 0.0329 e. The maximum atomic E-state index is 3.66. The van der Waals surface area contributed by atoms with Gasteiger partial charge in [-0.15, -0.1) is 6.58 Å². The minimum absolute atomic E-state index is 0.251. The summed E-state index contributed by atoms with van der Waals surface area (Å²) >= 11 is 7.01. The highest BCUT2D eigenvalue weighted by Crippen LogP contribution is 2.25. The third-order valence-corrected chi connectivity index (χ3v) is 3.82. The molecule has 0 aromatic rings. The van der Waals surface area contributed by atoms with E-state index in [-0.39, 0.29) is 4.32 Å². The molecule has 1 atom stereocenters. The van der Waals surface area contributed by atoms with E-state index in [4.69, 9.17) is 0 Å². The normalized spacial score (nSPS) is 16.8. The Kier molecular flexibility index (Phi) is 4.86. The zero-order chi connectivity index (χ0) is 7.33. The highest BCUT2D eigenvalue weighted by Gasteiger charge is 2.16. The zero-order valence-corrected chi connectivity index (χ0v) is 8.83. The summed E-state index contributed by atoms with van der Waals surface area (Å²) in [4.78, 5) is 0. The second kappa shape index (κ2) is 4.51. The van der Waals surface area contributed by atoms with Crippen molar-refractivity contribution < 1.29 is 0 Å². The van der Waals surface area contributed by atoms with Gasteiger partial charge in [0.25, 0.3) is 0 Å². The Hall–Kier alpha value is 0.700. The summed E-state index contributed by atoms with van der Waals surface area (Å²) in [6.45, 7) is 5.83. The number of rotatable bonds is 4. The molecule has 54 valence electrons. The first kappa shape index (κ1) is 9.70. The highest BCUT2D eigenvalue weighted by molar-refractivity contribution is 9.12. The third-order valence-electron chi connectivity index (χ3n) is 1.15. The van der Waals surface area contributed by atoms with Crippen LogP contribution in [0.25, 0.3) is 0 Å². The molecule has 0 saturated heterocycles. The zero-order valence-electron chi connectivity index (χ0n) is 5.66. The fraction of sp³-hybridized carbons (Fsp3) is 0.714. The van der Waals surface area contributed by atoms with Crippen molar-refractivity contribution in [2.24, 2.45) is 0 Å². The maximum Gasteiger partial charge on any atom is 0.0329 e. The van der Waals surface area contributed by atoms with E-state index in [0.29, 0.717) is 0 Å². The summed E-state index contributed by atoms with van der Waals surface area (Å²) in [6, 6.07) is 0. The Morgan fingerprint density at radius 1 is 1.67 bits per heavy atom. The van der Waals surface area contributed by atoms with Gasteiger partial charge >= 0.3 is 0 Å². The average Bonchev–Trinajstić information content (AvgIpc) is 1.84. The van der Waals surface area contributed by atoms with Gasteiger partial charge in [-0.3, -0.25) is 0 Å². The molecule has 9 heavy (non-hydrogen) atoms. The lowest BCUT2D eigenvalue weighted by Gasteiger charge is -2.17. The topological polar surface area (TPSA) is 0 Å². The third kappa shape index (κ3) is 5.16. The van der Waals surface area contributed by atoms with Crippen LogP contribution in [0.15, 0.2) is 12.7 Å². The van der Waals surface area contributed by atoms with Crippen molar-refractivity contribution in [2.45, 2.75) is 24.1 Å². The van der Waals surface area contributed by atoms with E-state index in [0.717, 1.165) is 18.2 Å². The molecule has 0 radical (unpaired) electrons. The first-order valence-electron chi connectivity index (χ1n) is 2.98. The molecule has 0 spiro atoms. The van der Waals surface area contributed by atoms with Crippen molar-refractivity contribution in [2.75, 3.05) is 5.33 Å². The van der Waals surface area contributed by atoms with Crippen LogP contribution in [0, 0.1) is 0 Å². The lowest BCUT2D eigenvalue weighted by molar-refractivity contribution is 0.676. The van der Waals surface area contributed by atoms with Crippen LogP contribution in [-0.2, 0) is 0 Å². The summed E-state index contributed by atoms with van der Waals surface area (Å²) in [5.41, 5.74) is 0. The number of hydrogen-bond acceptors (Lipinski definition) is 0. The van der Waals surface area contributed by atoms with Crippen LogP contribution >= 0.6 is 31.9 Å². The number of allylic oxidation sites excluding steroid dienone is 1. The molecule has 0 heterocycles. The predicted octanol–water partition coefficient (Wildman–Crippen LogP) is 3.50. The van der Waals surface area contributed by atoms with Crippen LogP contribution in [0.3, 0.4) is 0 Å². The molecule has 0 aromatic carbocycles. The molecule has 0 aliphatic rings. The SMILES string of the molecule is C=CCCC(C)(Br)CBr. The van der Waals surface area contributed by atoms with Gasteiger partial charge in [-0.25, -0.2) is 0 Å². The molecule has 0 rings (SSSR count). The van der Waals surface area contributed by atoms with Gasteiger partial charge in [0.1, 0.15) is 0 Å². The van der Waals surface area contributed by atoms with E-state index in [9.17, 15) is 0 Å². The van der Waals surface area contributed by atoms with E-state index in [2.05, 4.69) is 45.4 Å². The number of halogens is 2. The average molecular weight is 256 g/mol. The number of hydrogen-bond donors (Lipinski definition) is 0. The van der Waals surface area contributed by atoms with Crippen molar-refractivity contribution >= 4 is 31.9 Å². The minimum atomic E-state index is 0.251. The first-order valence-corrected chi connectivity index (χ1v) is 4.89. The van der Waals surface area contributed by atoms with Gasteiger partial charge in [-0.1, -0.05) is 37.9 Å². The summed E-state index contributed by atoms with van der Waals surface area (Å²) in [7, 11) is 0. The quantitative estimate of drug-likeness (QED) is 0.533. The molecule has 0 fully saturated rings. The van der Waals surface area contributed by atoms with Crippen LogP contribution in [-0.4, -0.2) is 9.65 Å². The fourth-order valence-corrected chi connectivity index (χ4v) is 0.979. The van der Waals surface area contributed by atoms with Crippen molar-refractivity contribution in [3.05, 3.63) is 12.7 Å². The van der Waals surface area contributed by atoms with Crippen LogP contribution in [0.1, 0.15) is 19.8 Å². The van der Waals surface area contributed by atoms with E-state index >= 15 is 0 Å². The second-order valence-corrected chi connectivity index (χ2v) is 4.85. The second-order valence-electron chi connectivity index (χ2n) is 2.37. The van der Waals surface area contributed by atoms with E-state index in [1.54, 1.807) is 0 Å². The largest absolute Gasteiger partial charge is 0.103 e. The molecule has 0 bridgehead atoms. The first-order chi connectivity index (χ1) is 4.12. The van der Waals surface area contributed by atoms with Gasteiger partial charge in [0, 0.05) is 9.65 Å². The van der Waals surface area contributed by atoms with E-state index < -0.39 is 0 Å². The lowest BCUT2D eigenvalue weighted by atomic mass is 10.1. The van der Waals surface area contributed by atoms with E-state index in [1.165, 1.54) is 0 Å².